The van der Waals surface area contributed by atoms with Gasteiger partial charge in [0.2, 0.25) is 0 Å². The molecule has 0 unspecified atom stereocenters. The predicted octanol–water partition coefficient (Wildman–Crippen LogP) is 4.48. The van der Waals surface area contributed by atoms with Crippen LogP contribution in [0.3, 0.4) is 0 Å². The lowest BCUT2D eigenvalue weighted by Crippen LogP contribution is -2.28. The number of rotatable bonds is 4. The van der Waals surface area contributed by atoms with Gasteiger partial charge in [0.05, 0.1) is 5.02 Å². The van der Waals surface area contributed by atoms with Gasteiger partial charge in [0.15, 0.2) is 0 Å². The molecule has 1 heterocycles. The van der Waals surface area contributed by atoms with Crippen molar-refractivity contribution in [2.75, 3.05) is 13.6 Å². The molecule has 0 saturated heterocycles. The zero-order chi connectivity index (χ0) is 13.8. The van der Waals surface area contributed by atoms with Gasteiger partial charge in [0.1, 0.15) is 0 Å². The molecule has 0 aliphatic heterocycles. The summed E-state index contributed by atoms with van der Waals surface area (Å²) in [7, 11) is 1.82. The Morgan fingerprint density at radius 2 is 2.21 bits per heavy atom. The number of thiophene rings is 1. The van der Waals surface area contributed by atoms with Gasteiger partial charge in [0.25, 0.3) is 5.91 Å². The van der Waals surface area contributed by atoms with Gasteiger partial charge < -0.3 is 4.90 Å². The topological polar surface area (TPSA) is 20.3 Å². The van der Waals surface area contributed by atoms with Crippen LogP contribution in [0.4, 0.5) is 0 Å². The fraction of sp³-hybridized carbons (Fsp3) is 0.214. The van der Waals surface area contributed by atoms with Crippen molar-refractivity contribution >= 4 is 44.8 Å². The Kier molecular flexibility index (Phi) is 5.02. The van der Waals surface area contributed by atoms with Crippen molar-refractivity contribution in [3.05, 3.63) is 55.6 Å². The first-order chi connectivity index (χ1) is 9.08. The molecule has 0 fully saturated rings. The minimum Gasteiger partial charge on any atom is -0.341 e. The summed E-state index contributed by atoms with van der Waals surface area (Å²) in [5, 5.41) is 2.66. The number of nitrogens with zero attached hydrogens (tertiary/aromatic N) is 1. The summed E-state index contributed by atoms with van der Waals surface area (Å²) in [6, 6.07) is 9.34. The molecule has 0 bridgehead atoms. The standard InChI is InChI=1S/C14H13BrClNOS/c1-17(7-6-11-3-2-8-19-11)14(18)10-4-5-13(16)12(15)9-10/h2-5,8-9H,6-7H2,1H3. The second-order valence-electron chi connectivity index (χ2n) is 4.18. The van der Waals surface area contributed by atoms with E-state index in [4.69, 9.17) is 11.6 Å². The molecule has 2 nitrogen and oxygen atoms in total. The van der Waals surface area contributed by atoms with Crippen LogP contribution in [0.2, 0.25) is 5.02 Å². The van der Waals surface area contributed by atoms with Gasteiger partial charge in [-0.3, -0.25) is 4.79 Å². The molecule has 0 N–H and O–H groups in total. The Morgan fingerprint density at radius 3 is 2.84 bits per heavy atom. The molecule has 0 aliphatic rings. The lowest BCUT2D eigenvalue weighted by Gasteiger charge is -2.17. The summed E-state index contributed by atoms with van der Waals surface area (Å²) < 4.78 is 0.742. The van der Waals surface area contributed by atoms with E-state index in [0.717, 1.165) is 10.9 Å². The van der Waals surface area contributed by atoms with Gasteiger partial charge in [0, 0.05) is 28.5 Å². The van der Waals surface area contributed by atoms with Crippen LogP contribution < -0.4 is 0 Å². The summed E-state index contributed by atoms with van der Waals surface area (Å²) in [6.45, 7) is 0.708. The minimum atomic E-state index is 0.00826. The van der Waals surface area contributed by atoms with Crippen LogP contribution in [-0.2, 0) is 6.42 Å². The molecule has 1 aromatic carbocycles. The molecular formula is C14H13BrClNOS. The predicted molar refractivity (Wildman–Crippen MR) is 84.1 cm³/mol. The highest BCUT2D eigenvalue weighted by Crippen LogP contribution is 2.23. The van der Waals surface area contributed by atoms with Crippen LogP contribution in [0.5, 0.6) is 0 Å². The molecule has 1 amide bonds. The summed E-state index contributed by atoms with van der Waals surface area (Å²) in [6.07, 6.45) is 0.884. The van der Waals surface area contributed by atoms with Crippen LogP contribution in [0.1, 0.15) is 15.2 Å². The second-order valence-corrected chi connectivity index (χ2v) is 6.48. The minimum absolute atomic E-state index is 0.00826. The first-order valence-electron chi connectivity index (χ1n) is 5.81. The van der Waals surface area contributed by atoms with Gasteiger partial charge in [-0.1, -0.05) is 17.7 Å². The van der Waals surface area contributed by atoms with Crippen LogP contribution in [0, 0.1) is 0 Å². The van der Waals surface area contributed by atoms with E-state index < -0.39 is 0 Å². The normalized spacial score (nSPS) is 10.5. The highest BCUT2D eigenvalue weighted by molar-refractivity contribution is 9.10. The van der Waals surface area contributed by atoms with Crippen molar-refractivity contribution < 1.29 is 4.79 Å². The third-order valence-electron chi connectivity index (χ3n) is 2.79. The van der Waals surface area contributed by atoms with Crippen molar-refractivity contribution in [1.29, 1.82) is 0 Å². The third kappa shape index (κ3) is 3.81. The Morgan fingerprint density at radius 1 is 1.42 bits per heavy atom. The van der Waals surface area contributed by atoms with Crippen molar-refractivity contribution in [1.82, 2.24) is 4.90 Å². The molecule has 5 heteroatoms. The van der Waals surface area contributed by atoms with Crippen molar-refractivity contribution in [3.63, 3.8) is 0 Å². The molecule has 19 heavy (non-hydrogen) atoms. The Bertz CT molecular complexity index is 571. The molecule has 2 rings (SSSR count). The van der Waals surface area contributed by atoms with Crippen molar-refractivity contribution in [3.8, 4) is 0 Å². The number of benzene rings is 1. The molecule has 0 aliphatic carbocycles. The number of carbonyl (C=O) groups is 1. The smallest absolute Gasteiger partial charge is 0.253 e. The molecule has 2 aromatic rings. The molecule has 0 saturated carbocycles. The summed E-state index contributed by atoms with van der Waals surface area (Å²) >= 11 is 11.0. The highest BCUT2D eigenvalue weighted by Gasteiger charge is 2.12. The van der Waals surface area contributed by atoms with E-state index in [2.05, 4.69) is 22.0 Å². The second kappa shape index (κ2) is 6.55. The van der Waals surface area contributed by atoms with E-state index in [0.29, 0.717) is 17.1 Å². The van der Waals surface area contributed by atoms with Crippen molar-refractivity contribution in [2.45, 2.75) is 6.42 Å². The maximum Gasteiger partial charge on any atom is 0.253 e. The summed E-state index contributed by atoms with van der Waals surface area (Å²) in [5.41, 5.74) is 0.643. The number of halogens is 2. The number of carbonyl (C=O) groups excluding carboxylic acids is 1. The van der Waals surface area contributed by atoms with Gasteiger partial charge in [-0.25, -0.2) is 0 Å². The van der Waals surface area contributed by atoms with E-state index in [1.165, 1.54) is 4.88 Å². The Hall–Kier alpha value is -0.840. The van der Waals surface area contributed by atoms with Crippen LogP contribution in [0.15, 0.2) is 40.2 Å². The summed E-state index contributed by atoms with van der Waals surface area (Å²) in [5.74, 6) is 0.00826. The lowest BCUT2D eigenvalue weighted by atomic mass is 10.2. The number of hydrogen-bond acceptors (Lipinski definition) is 2. The van der Waals surface area contributed by atoms with E-state index in [-0.39, 0.29) is 5.91 Å². The van der Waals surface area contributed by atoms with E-state index in [1.54, 1.807) is 34.4 Å². The molecule has 100 valence electrons. The van der Waals surface area contributed by atoms with Crippen LogP contribution in [0.25, 0.3) is 0 Å². The fourth-order valence-corrected chi connectivity index (χ4v) is 2.88. The van der Waals surface area contributed by atoms with Crippen LogP contribution in [-0.4, -0.2) is 24.4 Å². The Balaban J connectivity index is 2.00. The fourth-order valence-electron chi connectivity index (χ4n) is 1.68. The van der Waals surface area contributed by atoms with Gasteiger partial charge >= 0.3 is 0 Å². The number of likely N-dealkylation sites (N-methyl/N-ethyl adjacent to an activating group) is 1. The molecule has 0 radical (unpaired) electrons. The zero-order valence-corrected chi connectivity index (χ0v) is 13.6. The van der Waals surface area contributed by atoms with E-state index in [1.807, 2.05) is 18.5 Å². The first kappa shape index (κ1) is 14.6. The van der Waals surface area contributed by atoms with Crippen molar-refractivity contribution in [2.24, 2.45) is 0 Å². The highest BCUT2D eigenvalue weighted by atomic mass is 79.9. The maximum absolute atomic E-state index is 12.2. The van der Waals surface area contributed by atoms with E-state index >= 15 is 0 Å². The summed E-state index contributed by atoms with van der Waals surface area (Å²) in [4.78, 5) is 15.3. The third-order valence-corrected chi connectivity index (χ3v) is 4.94. The lowest BCUT2D eigenvalue weighted by molar-refractivity contribution is 0.0797. The van der Waals surface area contributed by atoms with Gasteiger partial charge in [-0.2, -0.15) is 0 Å². The molecule has 0 atom stereocenters. The maximum atomic E-state index is 12.2. The van der Waals surface area contributed by atoms with Crippen LogP contribution >= 0.6 is 38.9 Å². The SMILES string of the molecule is CN(CCc1cccs1)C(=O)c1ccc(Cl)c(Br)c1. The quantitative estimate of drug-likeness (QED) is 0.789. The average Bonchev–Trinajstić information content (AvgIpc) is 2.91. The zero-order valence-electron chi connectivity index (χ0n) is 10.4. The first-order valence-corrected chi connectivity index (χ1v) is 7.86. The molecule has 1 aromatic heterocycles. The Labute approximate surface area is 130 Å². The molecular weight excluding hydrogens is 346 g/mol. The monoisotopic (exact) mass is 357 g/mol. The average molecular weight is 359 g/mol. The number of amides is 1. The van der Waals surface area contributed by atoms with Gasteiger partial charge in [-0.15, -0.1) is 11.3 Å². The largest absolute Gasteiger partial charge is 0.341 e. The van der Waals surface area contributed by atoms with Gasteiger partial charge in [-0.05, 0) is 52.0 Å². The molecule has 0 spiro atoms. The number of hydrogen-bond donors (Lipinski definition) is 0. The van der Waals surface area contributed by atoms with E-state index in [9.17, 15) is 4.79 Å².